The molecule has 7 heteroatoms. The summed E-state index contributed by atoms with van der Waals surface area (Å²) in [5, 5.41) is 0. The van der Waals surface area contributed by atoms with Gasteiger partial charge in [-0.3, -0.25) is 4.79 Å². The molecule has 1 aliphatic rings. The molecule has 0 N–H and O–H groups in total. The van der Waals surface area contributed by atoms with Gasteiger partial charge in [0, 0.05) is 6.54 Å². The highest BCUT2D eigenvalue weighted by Gasteiger charge is 2.28. The molecule has 0 aliphatic heterocycles. The van der Waals surface area contributed by atoms with Crippen molar-refractivity contribution in [2.75, 3.05) is 27.2 Å². The lowest BCUT2D eigenvalue weighted by Crippen LogP contribution is -2.30. The molecule has 1 atom stereocenters. The fraction of sp³-hybridized carbons (Fsp3) is 0.483. The van der Waals surface area contributed by atoms with E-state index in [1.54, 1.807) is 48.5 Å². The number of hydrogen-bond acceptors (Lipinski definition) is 7. The molecule has 1 aliphatic carbocycles. The number of carbonyl (C=O) groups excluding carboxylic acids is 3. The number of nitrogens with zero attached hydrogens (tertiary/aromatic N) is 1. The Morgan fingerprint density at radius 3 is 1.89 bits per heavy atom. The molecular formula is C29H37NO6. The lowest BCUT2D eigenvalue weighted by Gasteiger charge is -2.29. The lowest BCUT2D eigenvalue weighted by molar-refractivity contribution is -0.140. The standard InChI is InChI=1S/C29H37NO6/c1-5-20(2)19-34-27(31)22-10-14-25(15-11-22)36-29(33)24-12-16-26(17-13-24)35-28(32)23-8-6-21(7-9-23)18-30(3)4/h10-17,20-21,23H,5-9,18-19H2,1-4H3. The van der Waals surface area contributed by atoms with E-state index in [4.69, 9.17) is 14.2 Å². The molecule has 1 saturated carbocycles. The molecule has 0 saturated heterocycles. The van der Waals surface area contributed by atoms with Crippen LogP contribution in [0.2, 0.25) is 0 Å². The number of carbonyl (C=O) groups is 3. The Hall–Kier alpha value is -3.19. The monoisotopic (exact) mass is 495 g/mol. The highest BCUT2D eigenvalue weighted by atomic mass is 16.5. The Labute approximate surface area is 213 Å². The molecule has 0 heterocycles. The van der Waals surface area contributed by atoms with Crippen LogP contribution in [0.4, 0.5) is 0 Å². The molecule has 3 rings (SSSR count). The minimum Gasteiger partial charge on any atom is -0.462 e. The molecule has 0 spiro atoms. The molecule has 0 amide bonds. The quantitative estimate of drug-likeness (QED) is 0.323. The summed E-state index contributed by atoms with van der Waals surface area (Å²) in [7, 11) is 4.15. The van der Waals surface area contributed by atoms with Crippen molar-refractivity contribution < 1.29 is 28.6 Å². The number of rotatable bonds is 10. The van der Waals surface area contributed by atoms with Crippen molar-refractivity contribution in [2.24, 2.45) is 17.8 Å². The van der Waals surface area contributed by atoms with Crippen molar-refractivity contribution in [1.82, 2.24) is 4.90 Å². The van der Waals surface area contributed by atoms with Crippen molar-refractivity contribution in [3.05, 3.63) is 59.7 Å². The Kier molecular flexibility index (Phi) is 10.1. The third kappa shape index (κ3) is 8.19. The number of ether oxygens (including phenoxy) is 3. The molecule has 1 fully saturated rings. The third-order valence-electron chi connectivity index (χ3n) is 6.61. The highest BCUT2D eigenvalue weighted by Crippen LogP contribution is 2.30. The Bertz CT molecular complexity index is 1010. The van der Waals surface area contributed by atoms with Gasteiger partial charge in [0.15, 0.2) is 0 Å². The van der Waals surface area contributed by atoms with Crippen LogP contribution in [0.15, 0.2) is 48.5 Å². The van der Waals surface area contributed by atoms with Crippen LogP contribution >= 0.6 is 0 Å². The maximum Gasteiger partial charge on any atom is 0.343 e. The summed E-state index contributed by atoms with van der Waals surface area (Å²) in [5.74, 6) is 0.427. The van der Waals surface area contributed by atoms with Crippen LogP contribution in [-0.2, 0) is 9.53 Å². The molecule has 2 aromatic carbocycles. The van der Waals surface area contributed by atoms with E-state index in [-0.39, 0.29) is 11.9 Å². The normalized spacial score (nSPS) is 18.4. The maximum absolute atomic E-state index is 12.6. The van der Waals surface area contributed by atoms with Crippen LogP contribution in [0.25, 0.3) is 0 Å². The topological polar surface area (TPSA) is 82.1 Å². The molecule has 36 heavy (non-hydrogen) atoms. The first kappa shape index (κ1) is 27.4. The Morgan fingerprint density at radius 2 is 1.36 bits per heavy atom. The van der Waals surface area contributed by atoms with Crippen LogP contribution in [-0.4, -0.2) is 50.1 Å². The van der Waals surface area contributed by atoms with Gasteiger partial charge in [-0.15, -0.1) is 0 Å². The van der Waals surface area contributed by atoms with E-state index in [0.717, 1.165) is 38.6 Å². The van der Waals surface area contributed by atoms with Crippen LogP contribution < -0.4 is 9.47 Å². The zero-order chi connectivity index (χ0) is 26.1. The average Bonchev–Trinajstić information content (AvgIpc) is 2.88. The first-order valence-corrected chi connectivity index (χ1v) is 12.7. The summed E-state index contributed by atoms with van der Waals surface area (Å²) in [5.41, 5.74) is 0.728. The van der Waals surface area contributed by atoms with Crippen LogP contribution in [0.3, 0.4) is 0 Å². The van der Waals surface area contributed by atoms with E-state index in [1.165, 1.54) is 0 Å². The fourth-order valence-electron chi connectivity index (χ4n) is 4.20. The SMILES string of the molecule is CCC(C)COC(=O)c1ccc(OC(=O)c2ccc(OC(=O)C3CCC(CN(C)C)CC3)cc2)cc1. The van der Waals surface area contributed by atoms with Gasteiger partial charge in [-0.1, -0.05) is 20.3 Å². The largest absolute Gasteiger partial charge is 0.462 e. The van der Waals surface area contributed by atoms with Crippen molar-refractivity contribution in [2.45, 2.75) is 46.0 Å². The predicted molar refractivity (Wildman–Crippen MR) is 137 cm³/mol. The van der Waals surface area contributed by atoms with Gasteiger partial charge >= 0.3 is 17.9 Å². The molecule has 194 valence electrons. The van der Waals surface area contributed by atoms with Gasteiger partial charge in [-0.25, -0.2) is 9.59 Å². The minimum atomic E-state index is -0.542. The van der Waals surface area contributed by atoms with Crippen molar-refractivity contribution in [3.8, 4) is 11.5 Å². The van der Waals surface area contributed by atoms with Crippen molar-refractivity contribution >= 4 is 17.9 Å². The first-order valence-electron chi connectivity index (χ1n) is 12.7. The molecule has 0 aromatic heterocycles. The zero-order valence-electron chi connectivity index (χ0n) is 21.7. The van der Waals surface area contributed by atoms with Gasteiger partial charge < -0.3 is 19.1 Å². The number of hydrogen-bond donors (Lipinski definition) is 0. The summed E-state index contributed by atoms with van der Waals surface area (Å²) >= 11 is 0. The summed E-state index contributed by atoms with van der Waals surface area (Å²) in [6, 6.07) is 12.6. The van der Waals surface area contributed by atoms with Gasteiger partial charge in [0.1, 0.15) is 11.5 Å². The van der Waals surface area contributed by atoms with Gasteiger partial charge in [-0.2, -0.15) is 0 Å². The van der Waals surface area contributed by atoms with Crippen LogP contribution in [0.5, 0.6) is 11.5 Å². The zero-order valence-corrected chi connectivity index (χ0v) is 21.7. The molecular weight excluding hydrogens is 458 g/mol. The van der Waals surface area contributed by atoms with E-state index in [2.05, 4.69) is 19.0 Å². The number of benzene rings is 2. The van der Waals surface area contributed by atoms with E-state index in [9.17, 15) is 14.4 Å². The Balaban J connectivity index is 1.47. The minimum absolute atomic E-state index is 0.0802. The molecule has 1 unspecified atom stereocenters. The fourth-order valence-corrected chi connectivity index (χ4v) is 4.20. The number of esters is 3. The van der Waals surface area contributed by atoms with Gasteiger partial charge in [0.25, 0.3) is 0 Å². The van der Waals surface area contributed by atoms with Crippen LogP contribution in [0.1, 0.15) is 66.7 Å². The second kappa shape index (κ2) is 13.2. The Morgan fingerprint density at radius 1 is 0.833 bits per heavy atom. The van der Waals surface area contributed by atoms with E-state index < -0.39 is 11.9 Å². The summed E-state index contributed by atoms with van der Waals surface area (Å²) in [6.45, 7) is 5.48. The molecule has 0 radical (unpaired) electrons. The van der Waals surface area contributed by atoms with Gasteiger partial charge in [-0.05, 0) is 100 Å². The highest BCUT2D eigenvalue weighted by molar-refractivity contribution is 5.92. The smallest absolute Gasteiger partial charge is 0.343 e. The second-order valence-corrected chi connectivity index (χ2v) is 9.95. The van der Waals surface area contributed by atoms with Crippen molar-refractivity contribution in [1.29, 1.82) is 0 Å². The molecule has 2 aromatic rings. The van der Waals surface area contributed by atoms with Gasteiger partial charge in [0.05, 0.1) is 23.7 Å². The van der Waals surface area contributed by atoms with Crippen LogP contribution in [0, 0.1) is 17.8 Å². The van der Waals surface area contributed by atoms with E-state index in [1.807, 2.05) is 13.8 Å². The average molecular weight is 496 g/mol. The predicted octanol–water partition coefficient (Wildman–Crippen LogP) is 5.38. The third-order valence-corrected chi connectivity index (χ3v) is 6.61. The first-order chi connectivity index (χ1) is 17.2. The lowest BCUT2D eigenvalue weighted by atomic mass is 9.82. The van der Waals surface area contributed by atoms with Gasteiger partial charge in [0.2, 0.25) is 0 Å². The maximum atomic E-state index is 12.6. The summed E-state index contributed by atoms with van der Waals surface area (Å²) in [6.07, 6.45) is 4.68. The summed E-state index contributed by atoms with van der Waals surface area (Å²) < 4.78 is 16.2. The summed E-state index contributed by atoms with van der Waals surface area (Å²) in [4.78, 5) is 39.4. The second-order valence-electron chi connectivity index (χ2n) is 9.95. The molecule has 0 bridgehead atoms. The van der Waals surface area contributed by atoms with E-state index in [0.29, 0.717) is 41.1 Å². The van der Waals surface area contributed by atoms with E-state index >= 15 is 0 Å². The van der Waals surface area contributed by atoms with Crippen molar-refractivity contribution in [3.63, 3.8) is 0 Å². The molecule has 7 nitrogen and oxygen atoms in total.